The summed E-state index contributed by atoms with van der Waals surface area (Å²) in [6.07, 6.45) is 1.19. The van der Waals surface area contributed by atoms with Crippen LogP contribution in [0.4, 0.5) is 11.4 Å². The number of carbonyl (C=O) groups excluding carboxylic acids is 1. The molecule has 3 nitrogen and oxygen atoms in total. The van der Waals surface area contributed by atoms with Gasteiger partial charge in [-0.1, -0.05) is 23.7 Å². The Bertz CT molecular complexity index is 591. The lowest BCUT2D eigenvalue weighted by atomic mass is 10.1. The Labute approximate surface area is 130 Å². The molecule has 0 saturated carbocycles. The minimum Gasteiger partial charge on any atom is -0.378 e. The predicted octanol–water partition coefficient (Wildman–Crippen LogP) is 3.98. The quantitative estimate of drug-likeness (QED) is 0.906. The SMILES string of the molecule is CN(C)c1ccc(CCC(=O)Nc2ccc(Cl)cc2)cc1. The van der Waals surface area contributed by atoms with Crippen molar-refractivity contribution in [3.05, 3.63) is 59.1 Å². The van der Waals surface area contributed by atoms with Crippen LogP contribution in [0.3, 0.4) is 0 Å². The molecule has 1 N–H and O–H groups in total. The van der Waals surface area contributed by atoms with E-state index in [2.05, 4.69) is 34.5 Å². The van der Waals surface area contributed by atoms with Gasteiger partial charge in [0.15, 0.2) is 0 Å². The Morgan fingerprint density at radius 2 is 1.67 bits per heavy atom. The number of benzene rings is 2. The average Bonchev–Trinajstić information content (AvgIpc) is 2.48. The number of aryl methyl sites for hydroxylation is 1. The monoisotopic (exact) mass is 302 g/mol. The van der Waals surface area contributed by atoms with E-state index in [1.165, 1.54) is 0 Å². The van der Waals surface area contributed by atoms with Gasteiger partial charge < -0.3 is 10.2 Å². The molecule has 1 amide bonds. The number of hydrogen-bond acceptors (Lipinski definition) is 2. The molecule has 4 heteroatoms. The summed E-state index contributed by atoms with van der Waals surface area (Å²) in [5.74, 6) is 0.00834. The number of carbonyl (C=O) groups is 1. The molecule has 0 spiro atoms. The first-order chi connectivity index (χ1) is 10.0. The third kappa shape index (κ3) is 4.80. The lowest BCUT2D eigenvalue weighted by molar-refractivity contribution is -0.116. The number of nitrogens with zero attached hydrogens (tertiary/aromatic N) is 1. The molecule has 0 radical (unpaired) electrons. The minimum atomic E-state index is 0.00834. The molecule has 0 fully saturated rings. The van der Waals surface area contributed by atoms with E-state index in [1.54, 1.807) is 24.3 Å². The maximum Gasteiger partial charge on any atom is 0.224 e. The van der Waals surface area contributed by atoms with Gasteiger partial charge in [-0.3, -0.25) is 4.79 Å². The van der Waals surface area contributed by atoms with E-state index in [0.717, 1.165) is 23.4 Å². The fourth-order valence-electron chi connectivity index (χ4n) is 1.98. The van der Waals surface area contributed by atoms with E-state index in [1.807, 2.05) is 14.1 Å². The number of halogens is 1. The molecule has 0 aromatic heterocycles. The Hall–Kier alpha value is -2.00. The molecule has 0 aliphatic rings. The highest BCUT2D eigenvalue weighted by Crippen LogP contribution is 2.15. The van der Waals surface area contributed by atoms with Gasteiger partial charge in [-0.05, 0) is 48.4 Å². The van der Waals surface area contributed by atoms with Crippen molar-refractivity contribution in [2.45, 2.75) is 12.8 Å². The Morgan fingerprint density at radius 3 is 2.24 bits per heavy atom. The summed E-state index contributed by atoms with van der Waals surface area (Å²) in [4.78, 5) is 13.9. The maximum absolute atomic E-state index is 11.9. The lowest BCUT2D eigenvalue weighted by Crippen LogP contribution is -2.12. The summed E-state index contributed by atoms with van der Waals surface area (Å²) in [7, 11) is 4.02. The first kappa shape index (κ1) is 15.4. The highest BCUT2D eigenvalue weighted by molar-refractivity contribution is 6.30. The van der Waals surface area contributed by atoms with Gasteiger partial charge in [-0.25, -0.2) is 0 Å². The summed E-state index contributed by atoms with van der Waals surface area (Å²) < 4.78 is 0. The van der Waals surface area contributed by atoms with E-state index in [-0.39, 0.29) is 5.91 Å². The highest BCUT2D eigenvalue weighted by Gasteiger charge is 2.04. The normalized spacial score (nSPS) is 10.2. The van der Waals surface area contributed by atoms with E-state index < -0.39 is 0 Å². The number of nitrogens with one attached hydrogen (secondary N) is 1. The number of amides is 1. The van der Waals surface area contributed by atoms with Gasteiger partial charge >= 0.3 is 0 Å². The van der Waals surface area contributed by atoms with Crippen LogP contribution in [0, 0.1) is 0 Å². The number of hydrogen-bond donors (Lipinski definition) is 1. The second-order valence-electron chi connectivity index (χ2n) is 5.12. The van der Waals surface area contributed by atoms with Gasteiger partial charge in [-0.2, -0.15) is 0 Å². The van der Waals surface area contributed by atoms with Crippen LogP contribution in [-0.2, 0) is 11.2 Å². The number of anilines is 2. The van der Waals surface area contributed by atoms with Crippen LogP contribution in [0.15, 0.2) is 48.5 Å². The zero-order valence-corrected chi connectivity index (χ0v) is 13.0. The van der Waals surface area contributed by atoms with Crippen LogP contribution in [0.2, 0.25) is 5.02 Å². The molecule has 110 valence electrons. The van der Waals surface area contributed by atoms with Crippen molar-refractivity contribution in [3.8, 4) is 0 Å². The lowest BCUT2D eigenvalue weighted by Gasteiger charge is -2.12. The summed E-state index contributed by atoms with van der Waals surface area (Å²) in [5.41, 5.74) is 3.09. The van der Waals surface area contributed by atoms with E-state index >= 15 is 0 Å². The molecule has 0 aliphatic carbocycles. The zero-order valence-electron chi connectivity index (χ0n) is 12.3. The summed E-state index contributed by atoms with van der Waals surface area (Å²) in [6, 6.07) is 15.4. The van der Waals surface area contributed by atoms with E-state index in [0.29, 0.717) is 11.4 Å². The van der Waals surface area contributed by atoms with Gasteiger partial charge in [0, 0.05) is 36.9 Å². The predicted molar refractivity (Wildman–Crippen MR) is 89.2 cm³/mol. The van der Waals surface area contributed by atoms with Crippen LogP contribution in [-0.4, -0.2) is 20.0 Å². The van der Waals surface area contributed by atoms with Crippen molar-refractivity contribution >= 4 is 28.9 Å². The molecule has 0 unspecified atom stereocenters. The van der Waals surface area contributed by atoms with Crippen molar-refractivity contribution in [1.82, 2.24) is 0 Å². The molecule has 0 heterocycles. The molecule has 0 saturated heterocycles. The topological polar surface area (TPSA) is 32.3 Å². The van der Waals surface area contributed by atoms with Gasteiger partial charge in [0.05, 0.1) is 0 Å². The summed E-state index contributed by atoms with van der Waals surface area (Å²) in [5, 5.41) is 3.52. The number of rotatable bonds is 5. The molecule has 2 rings (SSSR count). The standard InChI is InChI=1S/C17H19ClN2O/c1-20(2)16-10-3-13(4-11-16)5-12-17(21)19-15-8-6-14(18)7-9-15/h3-4,6-11H,5,12H2,1-2H3,(H,19,21). The van der Waals surface area contributed by atoms with E-state index in [4.69, 9.17) is 11.6 Å². The van der Waals surface area contributed by atoms with Gasteiger partial charge in [0.25, 0.3) is 0 Å². The molecule has 21 heavy (non-hydrogen) atoms. The Balaban J connectivity index is 1.84. The molecule has 0 aliphatic heterocycles. The van der Waals surface area contributed by atoms with Crippen LogP contribution < -0.4 is 10.2 Å². The van der Waals surface area contributed by atoms with Crippen molar-refractivity contribution in [3.63, 3.8) is 0 Å². The summed E-state index contributed by atoms with van der Waals surface area (Å²) in [6.45, 7) is 0. The van der Waals surface area contributed by atoms with Crippen LogP contribution in [0.1, 0.15) is 12.0 Å². The highest BCUT2D eigenvalue weighted by atomic mass is 35.5. The third-order valence-corrected chi connectivity index (χ3v) is 3.47. The van der Waals surface area contributed by atoms with Gasteiger partial charge in [-0.15, -0.1) is 0 Å². The second-order valence-corrected chi connectivity index (χ2v) is 5.55. The summed E-state index contributed by atoms with van der Waals surface area (Å²) >= 11 is 5.81. The van der Waals surface area contributed by atoms with Gasteiger partial charge in [0.2, 0.25) is 5.91 Å². The fraction of sp³-hybridized carbons (Fsp3) is 0.235. The fourth-order valence-corrected chi connectivity index (χ4v) is 2.10. The average molecular weight is 303 g/mol. The van der Waals surface area contributed by atoms with Crippen LogP contribution in [0.5, 0.6) is 0 Å². The van der Waals surface area contributed by atoms with Crippen molar-refractivity contribution in [2.24, 2.45) is 0 Å². The molecule has 0 bridgehead atoms. The van der Waals surface area contributed by atoms with Gasteiger partial charge in [0.1, 0.15) is 0 Å². The molecular formula is C17H19ClN2O. The van der Waals surface area contributed by atoms with E-state index in [9.17, 15) is 4.79 Å². The van der Waals surface area contributed by atoms with Crippen molar-refractivity contribution < 1.29 is 4.79 Å². The van der Waals surface area contributed by atoms with Crippen molar-refractivity contribution in [2.75, 3.05) is 24.3 Å². The van der Waals surface area contributed by atoms with Crippen LogP contribution in [0.25, 0.3) is 0 Å². The first-order valence-electron chi connectivity index (χ1n) is 6.86. The zero-order chi connectivity index (χ0) is 15.2. The second kappa shape index (κ2) is 7.14. The first-order valence-corrected chi connectivity index (χ1v) is 7.24. The molecule has 2 aromatic carbocycles. The minimum absolute atomic E-state index is 0.00834. The third-order valence-electron chi connectivity index (χ3n) is 3.22. The largest absolute Gasteiger partial charge is 0.378 e. The molecule has 0 atom stereocenters. The molecule has 2 aromatic rings. The smallest absolute Gasteiger partial charge is 0.224 e. The molecular weight excluding hydrogens is 284 g/mol. The Morgan fingerprint density at radius 1 is 1.05 bits per heavy atom. The maximum atomic E-state index is 11.9. The van der Waals surface area contributed by atoms with Crippen LogP contribution >= 0.6 is 11.6 Å². The Kier molecular flexibility index (Phi) is 5.23. The van der Waals surface area contributed by atoms with Crippen molar-refractivity contribution in [1.29, 1.82) is 0 Å².